The van der Waals surface area contributed by atoms with E-state index in [-0.39, 0.29) is 5.76 Å². The summed E-state index contributed by atoms with van der Waals surface area (Å²) in [5.41, 5.74) is 0.486. The molecule has 68 valence electrons. The molecule has 0 bridgehead atoms. The summed E-state index contributed by atoms with van der Waals surface area (Å²) < 4.78 is 7.51. The molecule has 0 unspecified atom stereocenters. The van der Waals surface area contributed by atoms with E-state index >= 15 is 0 Å². The molecule has 0 aliphatic carbocycles. The highest BCUT2D eigenvalue weighted by atomic mass is 79.9. The van der Waals surface area contributed by atoms with E-state index < -0.39 is 4.92 Å². The average Bonchev–Trinajstić information content (AvgIpc) is 2.15. The molecule has 0 radical (unpaired) electrons. The van der Waals surface area contributed by atoms with E-state index in [4.69, 9.17) is 1.43 Å². The summed E-state index contributed by atoms with van der Waals surface area (Å²) in [5, 5.41) is 14.3. The molecule has 1 aromatic carbocycles. The molecule has 1 rings (SSSR count). The molecule has 0 aliphatic heterocycles. The van der Waals surface area contributed by atoms with Crippen LogP contribution in [0, 0.1) is 10.1 Å². The molecule has 1 N–H and O–H groups in total. The van der Waals surface area contributed by atoms with Gasteiger partial charge in [-0.2, -0.15) is 0 Å². The summed E-state index contributed by atoms with van der Waals surface area (Å²) in [4.78, 5) is 9.50. The SMILES string of the molecule is [3H]O/C(=C/[N+](=O)[O-])c1ccc(Br)cc1. The van der Waals surface area contributed by atoms with E-state index in [2.05, 4.69) is 21.0 Å². The highest BCUT2D eigenvalue weighted by Gasteiger charge is 2.02. The monoisotopic (exact) mass is 245 g/mol. The predicted octanol–water partition coefficient (Wildman–Crippen LogP) is 2.58. The minimum absolute atomic E-state index is 0.0949. The minimum atomic E-state index is -0.661. The maximum atomic E-state index is 10.2. The van der Waals surface area contributed by atoms with Crippen LogP contribution >= 0.6 is 15.9 Å². The number of halogens is 1. The number of benzene rings is 1. The molecule has 5 heteroatoms. The van der Waals surface area contributed by atoms with Crippen LogP contribution in [-0.2, 0) is 0 Å². The molecule has 0 saturated heterocycles. The van der Waals surface area contributed by atoms with Crippen molar-refractivity contribution in [2.45, 2.75) is 0 Å². The highest BCUT2D eigenvalue weighted by molar-refractivity contribution is 9.10. The van der Waals surface area contributed by atoms with Crippen LogP contribution in [0.3, 0.4) is 0 Å². The maximum absolute atomic E-state index is 10.2. The van der Waals surface area contributed by atoms with Gasteiger partial charge in [0.1, 0.15) is 0 Å². The zero-order valence-electron chi connectivity index (χ0n) is 7.44. The second-order valence-corrected chi connectivity index (χ2v) is 3.20. The smallest absolute Gasteiger partial charge is 0.293 e. The van der Waals surface area contributed by atoms with Crippen LogP contribution in [0.1, 0.15) is 5.56 Å². The van der Waals surface area contributed by atoms with Crippen LogP contribution in [0.4, 0.5) is 0 Å². The maximum Gasteiger partial charge on any atom is 0.293 e. The Balaban J connectivity index is 3.01. The van der Waals surface area contributed by atoms with Crippen molar-refractivity contribution >= 4 is 21.7 Å². The Bertz CT molecular complexity index is 363. The predicted molar refractivity (Wildman–Crippen MR) is 51.7 cm³/mol. The molecule has 0 spiro atoms. The van der Waals surface area contributed by atoms with Crippen LogP contribution in [0.25, 0.3) is 7.19 Å². The summed E-state index contributed by atoms with van der Waals surface area (Å²) in [7, 11) is 0. The largest absolute Gasteiger partial charge is 0.502 e. The Hall–Kier alpha value is -1.36. The van der Waals surface area contributed by atoms with Crippen molar-refractivity contribution in [2.24, 2.45) is 0 Å². The van der Waals surface area contributed by atoms with Crippen molar-refractivity contribution in [1.82, 2.24) is 0 Å². The lowest BCUT2D eigenvalue weighted by atomic mass is 10.2. The van der Waals surface area contributed by atoms with E-state index in [9.17, 15) is 10.1 Å². The van der Waals surface area contributed by atoms with Gasteiger partial charge in [-0.15, -0.1) is 0 Å². The number of nitrogens with zero attached hydrogens (tertiary/aromatic N) is 1. The van der Waals surface area contributed by atoms with E-state index in [0.29, 0.717) is 11.8 Å². The average molecular weight is 246 g/mol. The van der Waals surface area contributed by atoms with Gasteiger partial charge in [0, 0.05) is 10.0 Å². The number of hydrogen-bond donors (Lipinski definition) is 1. The summed E-state index contributed by atoms with van der Waals surface area (Å²) in [5.74, 6) is -0.0949. The molecule has 0 aromatic heterocycles. The lowest BCUT2D eigenvalue weighted by Gasteiger charge is -1.96. The molecule has 0 amide bonds. The van der Waals surface area contributed by atoms with Crippen molar-refractivity contribution in [1.29, 1.82) is 1.43 Å². The third kappa shape index (κ3) is 2.87. The molecule has 0 aliphatic rings. The third-order valence-electron chi connectivity index (χ3n) is 1.35. The highest BCUT2D eigenvalue weighted by Crippen LogP contribution is 2.15. The van der Waals surface area contributed by atoms with Gasteiger partial charge < -0.3 is 5.11 Å². The Kier molecular flexibility index (Phi) is 2.56. The second kappa shape index (κ2) is 4.04. The first kappa shape index (κ1) is 8.25. The number of hydrogen-bond acceptors (Lipinski definition) is 3. The summed E-state index contributed by atoms with van der Waals surface area (Å²) >= 11 is 3.23. The number of nitro groups is 1. The quantitative estimate of drug-likeness (QED) is 0.506. The molecule has 4 nitrogen and oxygen atoms in total. The van der Waals surface area contributed by atoms with Gasteiger partial charge in [0.15, 0.2) is 5.76 Å². The Morgan fingerprint density at radius 3 is 2.69 bits per heavy atom. The fourth-order valence-corrected chi connectivity index (χ4v) is 1.05. The summed E-state index contributed by atoms with van der Waals surface area (Å²) in [6, 6.07) is 6.66. The topological polar surface area (TPSA) is 63.4 Å². The van der Waals surface area contributed by atoms with Gasteiger partial charge in [-0.25, -0.2) is 0 Å². The minimum Gasteiger partial charge on any atom is -0.502 e. The van der Waals surface area contributed by atoms with E-state index in [0.717, 1.165) is 4.47 Å². The summed E-state index contributed by atoms with van der Waals surface area (Å²) in [6.07, 6.45) is 0.649. The Morgan fingerprint density at radius 2 is 2.23 bits per heavy atom. The Labute approximate surface area is 84.3 Å². The van der Waals surface area contributed by atoms with Gasteiger partial charge in [-0.3, -0.25) is 10.1 Å². The van der Waals surface area contributed by atoms with Gasteiger partial charge in [-0.1, -0.05) is 15.9 Å². The standard InChI is InChI=1S/C8H6BrNO3/c9-7-3-1-6(2-4-7)8(11)5-10(12)13/h1-5,11H/b8-5+/i/hT. The van der Waals surface area contributed by atoms with Crippen LogP contribution in [-0.4, -0.2) is 10.0 Å². The fraction of sp³-hybridized carbons (Fsp3) is 0. The second-order valence-electron chi connectivity index (χ2n) is 2.29. The summed E-state index contributed by atoms with van der Waals surface area (Å²) in [6.45, 7) is 0. The first-order valence-corrected chi connectivity index (χ1v) is 4.17. The van der Waals surface area contributed by atoms with E-state index in [1.54, 1.807) is 24.3 Å². The molecular formula is C8H6BrNO3. The van der Waals surface area contributed by atoms with Crippen LogP contribution < -0.4 is 0 Å². The molecule has 0 heterocycles. The molecule has 13 heavy (non-hydrogen) atoms. The van der Waals surface area contributed by atoms with Crippen molar-refractivity contribution in [2.75, 3.05) is 0 Å². The van der Waals surface area contributed by atoms with Crippen molar-refractivity contribution in [3.63, 3.8) is 0 Å². The number of aliphatic hydroxyl groups excluding tert-OH is 1. The van der Waals surface area contributed by atoms with Gasteiger partial charge in [-0.05, 0) is 24.3 Å². The van der Waals surface area contributed by atoms with Crippen LogP contribution in [0.2, 0.25) is 0 Å². The van der Waals surface area contributed by atoms with Gasteiger partial charge in [0.05, 0.1) is 4.92 Å². The van der Waals surface area contributed by atoms with E-state index in [1.165, 1.54) is 0 Å². The molecule has 0 atom stereocenters. The van der Waals surface area contributed by atoms with Crippen molar-refractivity contribution < 1.29 is 10.0 Å². The van der Waals surface area contributed by atoms with Crippen molar-refractivity contribution in [3.8, 4) is 0 Å². The van der Waals surface area contributed by atoms with Gasteiger partial charge >= 0.3 is 0 Å². The zero-order valence-corrected chi connectivity index (χ0v) is 8.02. The number of rotatable bonds is 3. The van der Waals surface area contributed by atoms with Gasteiger partial charge in [0.2, 0.25) is 0 Å². The normalized spacial score (nSPS) is 12.1. The first-order chi connectivity index (χ1) is 6.63. The first-order valence-electron chi connectivity index (χ1n) is 3.78. The molecule has 0 saturated carbocycles. The lowest BCUT2D eigenvalue weighted by Crippen LogP contribution is -1.89. The zero-order chi connectivity index (χ0) is 10.6. The molecular weight excluding hydrogens is 238 g/mol. The van der Waals surface area contributed by atoms with Gasteiger partial charge in [0.25, 0.3) is 7.63 Å². The van der Waals surface area contributed by atoms with Crippen molar-refractivity contribution in [3.05, 3.63) is 50.6 Å². The van der Waals surface area contributed by atoms with Crippen LogP contribution in [0.5, 0.6) is 0 Å². The lowest BCUT2D eigenvalue weighted by molar-refractivity contribution is -0.402. The Morgan fingerprint density at radius 1 is 1.62 bits per heavy atom. The fourth-order valence-electron chi connectivity index (χ4n) is 0.784. The van der Waals surface area contributed by atoms with Crippen LogP contribution in [0.15, 0.2) is 34.9 Å². The molecule has 0 fully saturated rings. The number of aliphatic hydroxyl groups is 1. The third-order valence-corrected chi connectivity index (χ3v) is 1.88. The molecule has 1 aromatic rings. The van der Waals surface area contributed by atoms with E-state index in [1.807, 2.05) is 0 Å².